The van der Waals surface area contributed by atoms with E-state index in [2.05, 4.69) is 0 Å². The van der Waals surface area contributed by atoms with Gasteiger partial charge in [0, 0.05) is 19.3 Å². The molecule has 0 bridgehead atoms. The Morgan fingerprint density at radius 2 is 0.892 bits per heavy atom. The molecule has 430 valence electrons. The van der Waals surface area contributed by atoms with Crippen LogP contribution in [-0.4, -0.2) is 323 Å². The van der Waals surface area contributed by atoms with Crippen molar-refractivity contribution in [2.45, 2.75) is 189 Å². The molecule has 0 radical (unpaired) electrons. The number of ether oxygens (including phenoxy) is 9. The highest BCUT2D eigenvalue weighted by Gasteiger charge is 2.61. The molecule has 35 heteroatoms. The van der Waals surface area contributed by atoms with Gasteiger partial charge in [-0.3, -0.25) is 0 Å². The lowest BCUT2D eigenvalue weighted by Crippen LogP contribution is -2.70. The Bertz CT molecular complexity index is 1870. The van der Waals surface area contributed by atoms with E-state index in [4.69, 9.17) is 59.8 Å². The lowest BCUT2D eigenvalue weighted by molar-refractivity contribution is -0.394. The van der Waals surface area contributed by atoms with Crippen molar-refractivity contribution in [1.82, 2.24) is 0 Å². The third-order valence-corrected chi connectivity index (χ3v) is 13.5. The molecule has 0 saturated carbocycles. The molecule has 5 rings (SSSR count). The first-order valence-electron chi connectivity index (χ1n) is 22.7. The largest absolute Gasteiger partial charge is 0.477 e. The molecule has 5 aliphatic heterocycles. The van der Waals surface area contributed by atoms with Crippen LogP contribution in [0.3, 0.4) is 0 Å². The zero-order valence-electron chi connectivity index (χ0n) is 38.7. The first-order chi connectivity index (χ1) is 34.5. The second-order valence-corrected chi connectivity index (χ2v) is 18.6. The van der Waals surface area contributed by atoms with Gasteiger partial charge in [-0.15, -0.1) is 0 Å². The van der Waals surface area contributed by atoms with Crippen LogP contribution in [0.5, 0.6) is 0 Å². The summed E-state index contributed by atoms with van der Waals surface area (Å²) in [5.74, 6) is -15.7. The molecule has 5 aliphatic rings. The van der Waals surface area contributed by atoms with Gasteiger partial charge in [0.15, 0.2) is 12.6 Å². The molecule has 0 amide bonds. The Morgan fingerprint density at radius 3 is 1.28 bits per heavy atom. The van der Waals surface area contributed by atoms with Gasteiger partial charge >= 0.3 is 17.9 Å². The first kappa shape index (κ1) is 62.1. The smallest absolute Gasteiger partial charge is 0.364 e. The monoisotopic (exact) mass is 1090 g/mol. The van der Waals surface area contributed by atoms with Crippen LogP contribution in [-0.2, 0) is 57.0 Å². The maximum absolute atomic E-state index is 13.1. The zero-order valence-corrected chi connectivity index (χ0v) is 38.7. The fraction of sp³-hybridized carbons (Fsp3) is 0.923. The molecule has 28 atom stereocenters. The normalized spacial score (nSPS) is 45.6. The number of aliphatic hydroxyl groups excluding tert-OH is 17. The van der Waals surface area contributed by atoms with Crippen LogP contribution >= 0.6 is 0 Å². The van der Waals surface area contributed by atoms with E-state index >= 15 is 0 Å². The molecule has 5 fully saturated rings. The molecule has 0 aromatic heterocycles. The number of hydrogen-bond acceptors (Lipinski definition) is 32. The molecule has 35 nitrogen and oxygen atoms in total. The Balaban J connectivity index is 1.33. The molecule has 5 heterocycles. The highest BCUT2D eigenvalue weighted by molar-refractivity contribution is 5.77. The topological polar surface area (TPSA) is 617 Å². The molecular formula is C39H67N3O32. The third kappa shape index (κ3) is 12.6. The Labute approximate surface area is 416 Å². The molecule has 0 aliphatic carbocycles. The summed E-state index contributed by atoms with van der Waals surface area (Å²) < 4.78 is 48.8. The highest BCUT2D eigenvalue weighted by atomic mass is 16.8. The standard InChI is InChI=1S/C39H67N3O32/c40-17-9(46)1-37(34(60)61,71-28(17)20(52)12(49)4-43)66-7-13(50)21(53)29-18(41)10(47)2-38(72-29,35(62)63)67-8-14(51)22(54)30-19(42)11(48)3-39(73-30,36(64)65)74-31-24(56)23(55)15(5-44)69-33(31)70-27-16(6-45)68-32(59)26(58)25(27)57/h9-33,43-59H,1-8,40-42H2,(H,60,61)(H,62,63)(H,64,65)/t9-,10-,11-,12+,13+,14+,15+,16+,17+,18+,19+,20+,21+,22+,23-,24-,25+,26+,27+,28+,29+,30+,31+,32+,33-,37+,38+,39-/m0/s1. The molecular weight excluding hydrogens is 1020 g/mol. The van der Waals surface area contributed by atoms with Crippen molar-refractivity contribution in [3.63, 3.8) is 0 Å². The van der Waals surface area contributed by atoms with Gasteiger partial charge in [-0.05, 0) is 0 Å². The Morgan fingerprint density at radius 1 is 0.514 bits per heavy atom. The van der Waals surface area contributed by atoms with Crippen LogP contribution < -0.4 is 17.2 Å². The number of nitrogens with two attached hydrogens (primary N) is 3. The Kier molecular flexibility index (Phi) is 20.9. The third-order valence-electron chi connectivity index (χ3n) is 13.5. The van der Waals surface area contributed by atoms with E-state index in [1.807, 2.05) is 0 Å². The van der Waals surface area contributed by atoms with Crippen molar-refractivity contribution in [3.05, 3.63) is 0 Å². The van der Waals surface area contributed by atoms with Crippen LogP contribution in [0.25, 0.3) is 0 Å². The maximum Gasteiger partial charge on any atom is 0.364 e. The summed E-state index contributed by atoms with van der Waals surface area (Å²) in [7, 11) is 0. The second kappa shape index (κ2) is 24.9. The van der Waals surface area contributed by atoms with Gasteiger partial charge in [-0.1, -0.05) is 0 Å². The van der Waals surface area contributed by atoms with Crippen LogP contribution in [0.2, 0.25) is 0 Å². The molecule has 5 saturated heterocycles. The van der Waals surface area contributed by atoms with Crippen LogP contribution in [0.15, 0.2) is 0 Å². The van der Waals surface area contributed by atoms with E-state index in [1.165, 1.54) is 0 Å². The molecule has 74 heavy (non-hydrogen) atoms. The number of hydrogen-bond donors (Lipinski definition) is 23. The van der Waals surface area contributed by atoms with Gasteiger partial charge in [-0.25, -0.2) is 14.4 Å². The molecule has 0 aromatic rings. The van der Waals surface area contributed by atoms with Gasteiger partial charge in [0.05, 0.1) is 69.5 Å². The van der Waals surface area contributed by atoms with Gasteiger partial charge in [-0.2, -0.15) is 0 Å². The predicted octanol–water partition coefficient (Wildman–Crippen LogP) is -14.4. The summed E-state index contributed by atoms with van der Waals surface area (Å²) in [6.45, 7) is -5.79. The fourth-order valence-corrected chi connectivity index (χ4v) is 8.97. The Hall–Kier alpha value is -2.75. The fourth-order valence-electron chi connectivity index (χ4n) is 8.97. The van der Waals surface area contributed by atoms with Gasteiger partial charge < -0.3 is 162 Å². The minimum atomic E-state index is -3.30. The number of aliphatic hydroxyl groups is 17. The van der Waals surface area contributed by atoms with Gasteiger partial charge in [0.2, 0.25) is 0 Å². The van der Waals surface area contributed by atoms with Crippen molar-refractivity contribution in [1.29, 1.82) is 0 Å². The average molecular weight is 1090 g/mol. The van der Waals surface area contributed by atoms with Crippen molar-refractivity contribution >= 4 is 17.9 Å². The van der Waals surface area contributed by atoms with E-state index in [0.29, 0.717) is 0 Å². The van der Waals surface area contributed by atoms with E-state index in [0.717, 1.165) is 0 Å². The summed E-state index contributed by atoms with van der Waals surface area (Å²) in [4.78, 5) is 38.3. The van der Waals surface area contributed by atoms with Crippen LogP contribution in [0.1, 0.15) is 19.3 Å². The van der Waals surface area contributed by atoms with E-state index in [9.17, 15) is 117 Å². The number of carboxylic acid groups (broad SMARTS) is 3. The molecule has 0 unspecified atom stereocenters. The first-order valence-corrected chi connectivity index (χ1v) is 22.7. The maximum atomic E-state index is 13.1. The minimum absolute atomic E-state index is 0.981. The molecule has 0 spiro atoms. The highest BCUT2D eigenvalue weighted by Crippen LogP contribution is 2.40. The van der Waals surface area contributed by atoms with Gasteiger partial charge in [0.1, 0.15) is 104 Å². The lowest BCUT2D eigenvalue weighted by atomic mass is 9.88. The van der Waals surface area contributed by atoms with Crippen molar-refractivity contribution in [2.75, 3.05) is 33.0 Å². The molecule has 0 aromatic carbocycles. The van der Waals surface area contributed by atoms with Gasteiger partial charge in [0.25, 0.3) is 17.4 Å². The summed E-state index contributed by atoms with van der Waals surface area (Å²) in [5.41, 5.74) is 17.9. The minimum Gasteiger partial charge on any atom is -0.477 e. The number of carbonyl (C=O) groups is 3. The van der Waals surface area contributed by atoms with Crippen molar-refractivity contribution in [2.24, 2.45) is 17.2 Å². The second-order valence-electron chi connectivity index (χ2n) is 18.6. The van der Waals surface area contributed by atoms with Crippen LogP contribution in [0, 0.1) is 0 Å². The zero-order chi connectivity index (χ0) is 55.7. The summed E-state index contributed by atoms with van der Waals surface area (Å²) in [5, 5.41) is 210. The number of rotatable bonds is 22. The summed E-state index contributed by atoms with van der Waals surface area (Å²) in [6.07, 6.45) is -50.0. The van der Waals surface area contributed by atoms with Crippen molar-refractivity contribution < 1.29 is 159 Å². The SMILES string of the molecule is N[C@H]1[C@H]([C@H](O)[C@H](O)CO[C@]2(C(=O)O)C[C@H](O)[C@@H](N)[C@H]([C@H](O)[C@H](O)CO[C@]3(C(=O)O)C[C@H](O)[C@@H](N)[C@H]([C@H](O)[C@H](O)CO)O3)O2)O[C@@](O[C@H]2[C@H](O[C@H]3[C@H](O)[C@@H](O)[C@H](O)O[C@@H]3CO)O[C@H](CO)[C@H](O)[C@@H]2O)(C(=O)O)C[C@@H]1O. The van der Waals surface area contributed by atoms with Crippen LogP contribution in [0.4, 0.5) is 0 Å². The lowest BCUT2D eigenvalue weighted by Gasteiger charge is -2.50. The number of aliphatic carboxylic acids is 3. The summed E-state index contributed by atoms with van der Waals surface area (Å²) >= 11 is 0. The van der Waals surface area contributed by atoms with E-state index in [1.54, 1.807) is 0 Å². The van der Waals surface area contributed by atoms with E-state index in [-0.39, 0.29) is 0 Å². The van der Waals surface area contributed by atoms with E-state index < -0.39 is 240 Å². The predicted molar refractivity (Wildman–Crippen MR) is 224 cm³/mol. The summed E-state index contributed by atoms with van der Waals surface area (Å²) in [6, 6.07) is -5.23. The molecule has 26 N–H and O–H groups in total. The quantitative estimate of drug-likeness (QED) is 0.0479. The van der Waals surface area contributed by atoms with Crippen molar-refractivity contribution in [3.8, 4) is 0 Å². The average Bonchev–Trinajstić information content (AvgIpc) is 3.36. The number of carboxylic acids is 3.